The molecule has 2 amide bonds. The van der Waals surface area contributed by atoms with E-state index in [1.165, 1.54) is 16.9 Å². The van der Waals surface area contributed by atoms with E-state index < -0.39 is 0 Å². The van der Waals surface area contributed by atoms with E-state index in [1.807, 2.05) is 55.9 Å². The Hall–Kier alpha value is -2.93. The van der Waals surface area contributed by atoms with Gasteiger partial charge in [0, 0.05) is 31.9 Å². The maximum absolute atomic E-state index is 13.1. The fraction of sp³-hybridized carbons (Fsp3) is 0.250. The molecule has 0 aliphatic carbocycles. The average molecular weight is 380 g/mol. The van der Waals surface area contributed by atoms with E-state index in [9.17, 15) is 9.59 Å². The zero-order valence-corrected chi connectivity index (χ0v) is 16.1. The SMILES string of the molecule is Cc1ccc(-c2ccsc2C(=O)N2CCN(c3cnn(C)c3)C(=O)C2)cc1. The first-order valence-electron chi connectivity index (χ1n) is 8.76. The first-order chi connectivity index (χ1) is 13.0. The number of hydrogen-bond acceptors (Lipinski definition) is 4. The lowest BCUT2D eigenvalue weighted by Crippen LogP contribution is -2.52. The lowest BCUT2D eigenvalue weighted by molar-refractivity contribution is -0.120. The summed E-state index contributed by atoms with van der Waals surface area (Å²) in [7, 11) is 1.82. The average Bonchev–Trinajstić information content (AvgIpc) is 3.31. The molecule has 1 aromatic carbocycles. The molecule has 27 heavy (non-hydrogen) atoms. The zero-order valence-electron chi connectivity index (χ0n) is 15.3. The fourth-order valence-corrected chi connectivity index (χ4v) is 4.13. The van der Waals surface area contributed by atoms with Gasteiger partial charge in [-0.3, -0.25) is 14.3 Å². The van der Waals surface area contributed by atoms with Crippen LogP contribution in [0.25, 0.3) is 11.1 Å². The number of nitrogens with zero attached hydrogens (tertiary/aromatic N) is 4. The Labute approximate surface area is 161 Å². The molecule has 1 aliphatic heterocycles. The monoisotopic (exact) mass is 380 g/mol. The molecular formula is C20H20N4O2S. The van der Waals surface area contributed by atoms with Crippen molar-refractivity contribution in [2.45, 2.75) is 6.92 Å². The van der Waals surface area contributed by atoms with Gasteiger partial charge in [-0.25, -0.2) is 0 Å². The fourth-order valence-electron chi connectivity index (χ4n) is 3.25. The molecule has 3 aromatic rings. The molecule has 2 aromatic heterocycles. The molecule has 0 unspecified atom stereocenters. The molecule has 0 saturated carbocycles. The van der Waals surface area contributed by atoms with Crippen molar-refractivity contribution in [3.8, 4) is 11.1 Å². The van der Waals surface area contributed by atoms with Gasteiger partial charge in [-0.1, -0.05) is 29.8 Å². The van der Waals surface area contributed by atoms with Gasteiger partial charge in [0.1, 0.15) is 6.54 Å². The summed E-state index contributed by atoms with van der Waals surface area (Å²) in [6, 6.07) is 10.1. The Morgan fingerprint density at radius 3 is 2.59 bits per heavy atom. The van der Waals surface area contributed by atoms with Gasteiger partial charge in [0.25, 0.3) is 5.91 Å². The van der Waals surface area contributed by atoms with E-state index in [2.05, 4.69) is 5.10 Å². The molecule has 1 aliphatic rings. The van der Waals surface area contributed by atoms with Crippen molar-refractivity contribution in [3.05, 3.63) is 58.5 Å². The highest BCUT2D eigenvalue weighted by molar-refractivity contribution is 7.12. The minimum Gasteiger partial charge on any atom is -0.327 e. The topological polar surface area (TPSA) is 58.4 Å². The molecule has 0 N–H and O–H groups in total. The highest BCUT2D eigenvalue weighted by atomic mass is 32.1. The third kappa shape index (κ3) is 3.38. The third-order valence-electron chi connectivity index (χ3n) is 4.73. The van der Waals surface area contributed by atoms with Gasteiger partial charge in [0.2, 0.25) is 5.91 Å². The molecule has 3 heterocycles. The lowest BCUT2D eigenvalue weighted by atomic mass is 10.0. The first kappa shape index (κ1) is 17.5. The van der Waals surface area contributed by atoms with Crippen LogP contribution in [0, 0.1) is 6.92 Å². The van der Waals surface area contributed by atoms with Crippen molar-refractivity contribution in [2.75, 3.05) is 24.5 Å². The number of thiophene rings is 1. The minimum atomic E-state index is -0.0870. The maximum atomic E-state index is 13.1. The molecule has 0 radical (unpaired) electrons. The van der Waals surface area contributed by atoms with E-state index in [0.29, 0.717) is 18.0 Å². The number of benzene rings is 1. The quantitative estimate of drug-likeness (QED) is 0.702. The Balaban J connectivity index is 1.52. The minimum absolute atomic E-state index is 0.0823. The first-order valence-corrected chi connectivity index (χ1v) is 9.64. The highest BCUT2D eigenvalue weighted by Crippen LogP contribution is 2.30. The van der Waals surface area contributed by atoms with Gasteiger partial charge < -0.3 is 9.80 Å². The zero-order chi connectivity index (χ0) is 19.0. The Morgan fingerprint density at radius 2 is 1.93 bits per heavy atom. The molecular weight excluding hydrogens is 360 g/mol. The molecule has 7 heteroatoms. The van der Waals surface area contributed by atoms with Crippen molar-refractivity contribution >= 4 is 28.8 Å². The van der Waals surface area contributed by atoms with Crippen molar-refractivity contribution < 1.29 is 9.59 Å². The summed E-state index contributed by atoms with van der Waals surface area (Å²) in [4.78, 5) is 29.6. The van der Waals surface area contributed by atoms with Crippen LogP contribution in [0.2, 0.25) is 0 Å². The largest absolute Gasteiger partial charge is 0.327 e. The van der Waals surface area contributed by atoms with Gasteiger partial charge in [0.05, 0.1) is 16.8 Å². The number of anilines is 1. The summed E-state index contributed by atoms with van der Waals surface area (Å²) in [5.74, 6) is -0.171. The number of piperazine rings is 1. The third-order valence-corrected chi connectivity index (χ3v) is 5.64. The van der Waals surface area contributed by atoms with Crippen molar-refractivity contribution in [3.63, 3.8) is 0 Å². The second kappa shape index (κ2) is 7.00. The molecule has 1 fully saturated rings. The van der Waals surface area contributed by atoms with Crippen LogP contribution < -0.4 is 4.90 Å². The van der Waals surface area contributed by atoms with Crippen LogP contribution in [-0.2, 0) is 11.8 Å². The van der Waals surface area contributed by atoms with Crippen LogP contribution in [0.1, 0.15) is 15.2 Å². The summed E-state index contributed by atoms with van der Waals surface area (Å²) in [6.07, 6.45) is 3.48. The van der Waals surface area contributed by atoms with Crippen LogP contribution in [0.4, 0.5) is 5.69 Å². The predicted octanol–water partition coefficient (Wildman–Crippen LogP) is 2.95. The molecule has 138 valence electrons. The van der Waals surface area contributed by atoms with E-state index in [-0.39, 0.29) is 18.4 Å². The van der Waals surface area contributed by atoms with E-state index in [4.69, 9.17) is 0 Å². The van der Waals surface area contributed by atoms with Crippen LogP contribution in [0.15, 0.2) is 48.1 Å². The van der Waals surface area contributed by atoms with E-state index in [1.54, 1.807) is 20.7 Å². The van der Waals surface area contributed by atoms with Gasteiger partial charge in [-0.2, -0.15) is 5.10 Å². The second-order valence-corrected chi connectivity index (χ2v) is 7.59. The van der Waals surface area contributed by atoms with Crippen molar-refractivity contribution in [1.82, 2.24) is 14.7 Å². The van der Waals surface area contributed by atoms with Crippen molar-refractivity contribution in [1.29, 1.82) is 0 Å². The standard InChI is InChI=1S/C20H20N4O2S/c1-14-3-5-15(6-4-14)17-7-10-27-19(17)20(26)23-8-9-24(18(25)13-23)16-11-21-22(2)12-16/h3-7,10-12H,8-9,13H2,1-2H3. The van der Waals surface area contributed by atoms with Gasteiger partial charge in [-0.05, 0) is 23.9 Å². The van der Waals surface area contributed by atoms with Crippen molar-refractivity contribution in [2.24, 2.45) is 7.05 Å². The van der Waals surface area contributed by atoms with Crippen LogP contribution >= 0.6 is 11.3 Å². The molecule has 0 atom stereocenters. The van der Waals surface area contributed by atoms with Crippen LogP contribution in [-0.4, -0.2) is 46.1 Å². The molecule has 0 bridgehead atoms. The van der Waals surface area contributed by atoms with E-state index >= 15 is 0 Å². The van der Waals surface area contributed by atoms with Gasteiger partial charge in [0.15, 0.2) is 0 Å². The smallest absolute Gasteiger partial charge is 0.265 e. The number of carbonyl (C=O) groups excluding carboxylic acids is 2. The predicted molar refractivity (Wildman–Crippen MR) is 106 cm³/mol. The number of rotatable bonds is 3. The summed E-state index contributed by atoms with van der Waals surface area (Å²) >= 11 is 1.42. The van der Waals surface area contributed by atoms with Gasteiger partial charge >= 0.3 is 0 Å². The molecule has 1 saturated heterocycles. The highest BCUT2D eigenvalue weighted by Gasteiger charge is 2.30. The number of carbonyl (C=O) groups is 2. The summed E-state index contributed by atoms with van der Waals surface area (Å²) in [5.41, 5.74) is 3.89. The van der Waals surface area contributed by atoms with Crippen LogP contribution in [0.3, 0.4) is 0 Å². The Morgan fingerprint density at radius 1 is 1.15 bits per heavy atom. The summed E-state index contributed by atoms with van der Waals surface area (Å²) in [6.45, 7) is 3.10. The summed E-state index contributed by atoms with van der Waals surface area (Å²) in [5, 5.41) is 6.04. The second-order valence-electron chi connectivity index (χ2n) is 6.67. The number of aryl methyl sites for hydroxylation is 2. The Kier molecular flexibility index (Phi) is 4.53. The maximum Gasteiger partial charge on any atom is 0.265 e. The molecule has 6 nitrogen and oxygen atoms in total. The lowest BCUT2D eigenvalue weighted by Gasteiger charge is -2.33. The molecule has 0 spiro atoms. The molecule has 4 rings (SSSR count). The van der Waals surface area contributed by atoms with Crippen LogP contribution in [0.5, 0.6) is 0 Å². The summed E-state index contributed by atoms with van der Waals surface area (Å²) < 4.78 is 1.67. The number of aromatic nitrogens is 2. The van der Waals surface area contributed by atoms with Gasteiger partial charge in [-0.15, -0.1) is 11.3 Å². The Bertz CT molecular complexity index is 990. The number of hydrogen-bond donors (Lipinski definition) is 0. The normalized spacial score (nSPS) is 14.7. The number of amides is 2. The van der Waals surface area contributed by atoms with E-state index in [0.717, 1.165) is 16.8 Å².